The number of aromatic hydroxyl groups is 2. The first-order valence-corrected chi connectivity index (χ1v) is 21.7. The molecule has 0 radical (unpaired) electrons. The third-order valence-corrected chi connectivity index (χ3v) is 11.3. The molecule has 0 unspecified atom stereocenters. The van der Waals surface area contributed by atoms with Gasteiger partial charge in [-0.1, -0.05) is 54.6 Å². The van der Waals surface area contributed by atoms with Gasteiger partial charge in [-0.15, -0.1) is 0 Å². The van der Waals surface area contributed by atoms with Crippen LogP contribution in [0.4, 0.5) is 0 Å². The highest BCUT2D eigenvalue weighted by molar-refractivity contribution is 5.96. The molecule has 7 amide bonds. The van der Waals surface area contributed by atoms with Gasteiger partial charge in [-0.25, -0.2) is 0 Å². The van der Waals surface area contributed by atoms with E-state index in [1.165, 1.54) is 43.3 Å². The van der Waals surface area contributed by atoms with E-state index in [1.54, 1.807) is 42.5 Å². The number of benzene rings is 3. The number of amides is 7. The number of hydrogen-bond donors (Lipinski definition) is 13. The smallest absolute Gasteiger partial charge is 0.267 e. The first-order valence-electron chi connectivity index (χ1n) is 21.7. The zero-order valence-electron chi connectivity index (χ0n) is 37.0. The molecule has 0 aromatic heterocycles. The largest absolute Gasteiger partial charge is 0.508 e. The molecule has 3 aromatic rings. The van der Waals surface area contributed by atoms with Crippen molar-refractivity contribution in [3.8, 4) is 11.5 Å². The molecule has 2 aliphatic heterocycles. The molecule has 2 fully saturated rings. The number of ether oxygens (including phenoxy) is 2. The number of nitrogens with two attached hydrogens (primary N) is 2. The lowest BCUT2D eigenvalue weighted by Crippen LogP contribution is -2.62. The molecule has 68 heavy (non-hydrogen) atoms. The summed E-state index contributed by atoms with van der Waals surface area (Å²) < 4.78 is 10.6. The number of phenols is 2. The number of carbonyl (C=O) groups excluding carboxylic acids is 7. The van der Waals surface area contributed by atoms with E-state index in [-0.39, 0.29) is 43.7 Å². The van der Waals surface area contributed by atoms with Crippen LogP contribution in [0.15, 0.2) is 78.9 Å². The number of hydrogen-bond acceptors (Lipinski definition) is 16. The van der Waals surface area contributed by atoms with Crippen LogP contribution >= 0.6 is 0 Å². The summed E-state index contributed by atoms with van der Waals surface area (Å²) in [7, 11) is 0. The van der Waals surface area contributed by atoms with Crippen LogP contribution in [0.25, 0.3) is 0 Å². The first-order chi connectivity index (χ1) is 32.3. The number of aliphatic hydroxyl groups excluding tert-OH is 4. The molecule has 5 rings (SSSR count). The van der Waals surface area contributed by atoms with Crippen molar-refractivity contribution in [2.75, 3.05) is 19.7 Å². The lowest BCUT2D eigenvalue weighted by Gasteiger charge is -2.40. The third-order valence-electron chi connectivity index (χ3n) is 11.3. The standard InChI is InChI=1S/C45H58N8O15/c1-23(49-40(63)29(46)18-25-9-13-27(55)14-10-25)39(62)51-30(19-24-6-3-2-4-7-24)41(64)48-21-34(57)50-31(20-26-11-15-28(56)16-12-26)44(66)53-17-5-8-32(53)42(65)52-43(38(47)61)68-45-37(60)36(59)35(58)33(22-54)67-45/h2-4,6-7,9-16,23,29-33,35-37,43,45,54-56,58-60H,5,8,17-22,46H2,1H3,(H2,47,61)(H,48,64)(H,49,63)(H,50,57)(H,51,62)(H,52,65)/t23-,29+,30+,31+,32+,33-,35+,36+,37-,43-,45-/m1/s1. The summed E-state index contributed by atoms with van der Waals surface area (Å²) in [6.45, 7) is -0.0621. The van der Waals surface area contributed by atoms with Crippen LogP contribution < -0.4 is 38.1 Å². The quantitative estimate of drug-likeness (QED) is 0.0450. The fourth-order valence-electron chi connectivity index (χ4n) is 7.54. The average Bonchev–Trinajstić information content (AvgIpc) is 3.82. The van der Waals surface area contributed by atoms with E-state index in [1.807, 2.05) is 0 Å². The van der Waals surface area contributed by atoms with Crippen LogP contribution in [-0.2, 0) is 62.3 Å². The summed E-state index contributed by atoms with van der Waals surface area (Å²) in [5.41, 5.74) is 13.4. The van der Waals surface area contributed by atoms with Crippen LogP contribution in [0.3, 0.4) is 0 Å². The van der Waals surface area contributed by atoms with E-state index in [0.29, 0.717) is 23.1 Å². The molecule has 2 saturated heterocycles. The molecule has 368 valence electrons. The van der Waals surface area contributed by atoms with Gasteiger partial charge >= 0.3 is 0 Å². The maximum atomic E-state index is 14.3. The minimum Gasteiger partial charge on any atom is -0.508 e. The zero-order valence-corrected chi connectivity index (χ0v) is 37.0. The Labute approximate surface area is 390 Å². The highest BCUT2D eigenvalue weighted by Crippen LogP contribution is 2.24. The number of nitrogens with one attached hydrogen (secondary N) is 5. The highest BCUT2D eigenvalue weighted by atomic mass is 16.7. The van der Waals surface area contributed by atoms with Crippen LogP contribution in [-0.4, -0.2) is 164 Å². The molecule has 2 aliphatic rings. The van der Waals surface area contributed by atoms with Crippen LogP contribution in [0.1, 0.15) is 36.5 Å². The second kappa shape index (κ2) is 24.3. The zero-order chi connectivity index (χ0) is 49.7. The number of nitrogens with zero attached hydrogens (tertiary/aromatic N) is 1. The van der Waals surface area contributed by atoms with Gasteiger partial charge in [0.25, 0.3) is 5.91 Å². The van der Waals surface area contributed by atoms with E-state index in [4.69, 9.17) is 20.9 Å². The molecule has 23 nitrogen and oxygen atoms in total. The second-order valence-corrected chi connectivity index (χ2v) is 16.5. The number of aliphatic hydroxyl groups is 4. The van der Waals surface area contributed by atoms with Gasteiger partial charge in [-0.05, 0) is 67.1 Å². The van der Waals surface area contributed by atoms with Crippen LogP contribution in [0.2, 0.25) is 0 Å². The van der Waals surface area contributed by atoms with Gasteiger partial charge in [0.1, 0.15) is 60.1 Å². The van der Waals surface area contributed by atoms with Gasteiger partial charge in [-0.3, -0.25) is 33.6 Å². The third kappa shape index (κ3) is 14.4. The van der Waals surface area contributed by atoms with E-state index in [0.717, 1.165) is 4.90 Å². The Morgan fingerprint density at radius 2 is 1.32 bits per heavy atom. The molecule has 15 N–H and O–H groups in total. The molecular weight excluding hydrogens is 893 g/mol. The minimum atomic E-state index is -1.99. The van der Waals surface area contributed by atoms with Crippen molar-refractivity contribution in [3.63, 3.8) is 0 Å². The van der Waals surface area contributed by atoms with Crippen molar-refractivity contribution in [3.05, 3.63) is 95.6 Å². The van der Waals surface area contributed by atoms with Gasteiger partial charge in [0.2, 0.25) is 41.7 Å². The van der Waals surface area contributed by atoms with E-state index in [9.17, 15) is 64.2 Å². The van der Waals surface area contributed by atoms with E-state index < -0.39 is 122 Å². The number of primary amides is 1. The summed E-state index contributed by atoms with van der Waals surface area (Å²) in [6, 6.07) is 14.5. The van der Waals surface area contributed by atoms with Gasteiger partial charge in [-0.2, -0.15) is 0 Å². The highest BCUT2D eigenvalue weighted by Gasteiger charge is 2.46. The van der Waals surface area contributed by atoms with E-state index >= 15 is 0 Å². The van der Waals surface area contributed by atoms with Crippen molar-refractivity contribution in [2.45, 2.75) is 106 Å². The predicted octanol–water partition coefficient (Wildman–Crippen LogP) is -4.22. The molecule has 11 atom stereocenters. The Morgan fingerprint density at radius 3 is 1.93 bits per heavy atom. The van der Waals surface area contributed by atoms with Crippen molar-refractivity contribution in [2.24, 2.45) is 11.5 Å². The Hall–Kier alpha value is -6.73. The molecule has 23 heteroatoms. The van der Waals surface area contributed by atoms with Crippen molar-refractivity contribution >= 4 is 41.4 Å². The van der Waals surface area contributed by atoms with Crippen molar-refractivity contribution in [1.29, 1.82) is 0 Å². The Balaban J connectivity index is 1.24. The molecule has 3 aromatic carbocycles. The Morgan fingerprint density at radius 1 is 0.735 bits per heavy atom. The molecule has 0 bridgehead atoms. The number of likely N-dealkylation sites (tertiary alicyclic amines) is 1. The number of phenolic OH excluding ortho intramolecular Hbond substituents is 2. The SMILES string of the molecule is C[C@@H](NC(=O)[C@@H](N)Cc1ccc(O)cc1)C(=O)N[C@@H](Cc1ccccc1)C(=O)NCC(=O)N[C@@H](Cc1ccc(O)cc1)C(=O)N1CCC[C@H]1C(=O)N[C@H](O[C@H]1O[C@H](CO)[C@H](O)[C@H](O)[C@H]1O)C(N)=O. The fraction of sp³-hybridized carbons (Fsp3) is 0.444. The topological polar surface area (TPSA) is 375 Å². The maximum absolute atomic E-state index is 14.3. The Kier molecular flexibility index (Phi) is 18.7. The normalized spacial score (nSPS) is 22.4. The van der Waals surface area contributed by atoms with E-state index in [2.05, 4.69) is 26.6 Å². The average molecular weight is 951 g/mol. The number of carbonyl (C=O) groups is 7. The molecule has 2 heterocycles. The maximum Gasteiger partial charge on any atom is 0.267 e. The summed E-state index contributed by atoms with van der Waals surface area (Å²) in [6.07, 6.45) is -10.4. The first kappa shape index (κ1) is 52.2. The summed E-state index contributed by atoms with van der Waals surface area (Å²) >= 11 is 0. The van der Waals surface area contributed by atoms with Crippen LogP contribution in [0.5, 0.6) is 11.5 Å². The fourth-order valence-corrected chi connectivity index (χ4v) is 7.54. The van der Waals surface area contributed by atoms with Gasteiger partial charge in [0.05, 0.1) is 19.2 Å². The monoisotopic (exact) mass is 950 g/mol. The lowest BCUT2D eigenvalue weighted by atomic mass is 9.99. The Bertz CT molecular complexity index is 2220. The summed E-state index contributed by atoms with van der Waals surface area (Å²) in [5.74, 6) is -5.97. The van der Waals surface area contributed by atoms with Crippen LogP contribution in [0, 0.1) is 0 Å². The van der Waals surface area contributed by atoms with Gasteiger partial charge < -0.3 is 83.1 Å². The second-order valence-electron chi connectivity index (χ2n) is 16.5. The minimum absolute atomic E-state index is 0.0222. The molecule has 0 saturated carbocycles. The van der Waals surface area contributed by atoms with Gasteiger partial charge in [0.15, 0.2) is 6.29 Å². The summed E-state index contributed by atoms with van der Waals surface area (Å²) in [4.78, 5) is 95.1. The molecule has 0 aliphatic carbocycles. The number of rotatable bonds is 21. The molecule has 0 spiro atoms. The predicted molar refractivity (Wildman–Crippen MR) is 237 cm³/mol. The van der Waals surface area contributed by atoms with Gasteiger partial charge in [0, 0.05) is 19.4 Å². The lowest BCUT2D eigenvalue weighted by molar-refractivity contribution is -0.310. The van der Waals surface area contributed by atoms with Crippen molar-refractivity contribution < 1.29 is 73.7 Å². The molecular formula is C45H58N8O15. The van der Waals surface area contributed by atoms with Crippen molar-refractivity contribution in [1.82, 2.24) is 31.5 Å². The summed E-state index contributed by atoms with van der Waals surface area (Å²) in [5, 5.41) is 72.1.